The smallest absolute Gasteiger partial charge is 0.239 e. The van der Waals surface area contributed by atoms with Crippen LogP contribution in [0.1, 0.15) is 26.7 Å². The third-order valence-corrected chi connectivity index (χ3v) is 5.31. The Morgan fingerprint density at radius 1 is 1.29 bits per heavy atom. The largest absolute Gasteiger partial charge is 0.381 e. The predicted octanol–water partition coefficient (Wildman–Crippen LogP) is 0.114. The fraction of sp³-hybridized carbons (Fsp3) is 0.857. The first-order chi connectivity index (χ1) is 9.90. The van der Waals surface area contributed by atoms with Crippen LogP contribution in [0.4, 0.5) is 0 Å². The SMILES string of the molecule is CSC1(CNC(=O)CNC(=O)[C@@H](N)C(C)C)CCOCC1. The number of carbonyl (C=O) groups is 2. The quantitative estimate of drug-likeness (QED) is 0.620. The molecule has 0 aromatic carbocycles. The monoisotopic (exact) mass is 317 g/mol. The van der Waals surface area contributed by atoms with Gasteiger partial charge in [-0.05, 0) is 25.0 Å². The highest BCUT2D eigenvalue weighted by molar-refractivity contribution is 8.00. The van der Waals surface area contributed by atoms with Gasteiger partial charge in [-0.15, -0.1) is 0 Å². The van der Waals surface area contributed by atoms with Gasteiger partial charge in [-0.3, -0.25) is 9.59 Å². The summed E-state index contributed by atoms with van der Waals surface area (Å²) >= 11 is 1.77. The Kier molecular flexibility index (Phi) is 7.48. The van der Waals surface area contributed by atoms with E-state index in [9.17, 15) is 9.59 Å². The Morgan fingerprint density at radius 3 is 2.43 bits per heavy atom. The summed E-state index contributed by atoms with van der Waals surface area (Å²) < 4.78 is 5.41. The molecule has 4 N–H and O–H groups in total. The number of rotatable bonds is 7. The lowest BCUT2D eigenvalue weighted by molar-refractivity contribution is -0.127. The Hall–Kier alpha value is -0.790. The van der Waals surface area contributed by atoms with Gasteiger partial charge < -0.3 is 21.1 Å². The lowest BCUT2D eigenvalue weighted by Gasteiger charge is -2.35. The Balaban J connectivity index is 2.32. The first-order valence-corrected chi connectivity index (χ1v) is 8.55. The zero-order valence-corrected chi connectivity index (χ0v) is 13.9. The van der Waals surface area contributed by atoms with Crippen LogP contribution in [0.5, 0.6) is 0 Å². The molecule has 0 bridgehead atoms. The highest BCUT2D eigenvalue weighted by atomic mass is 32.2. The molecule has 21 heavy (non-hydrogen) atoms. The second-order valence-corrected chi connectivity index (χ2v) is 7.04. The summed E-state index contributed by atoms with van der Waals surface area (Å²) in [6, 6.07) is -0.578. The van der Waals surface area contributed by atoms with Gasteiger partial charge in [0.15, 0.2) is 0 Å². The molecule has 0 spiro atoms. The van der Waals surface area contributed by atoms with E-state index in [0.717, 1.165) is 26.1 Å². The molecular weight excluding hydrogens is 290 g/mol. The zero-order chi connectivity index (χ0) is 15.9. The maximum Gasteiger partial charge on any atom is 0.239 e. The molecule has 1 aliphatic rings. The van der Waals surface area contributed by atoms with Crippen LogP contribution in [0.15, 0.2) is 0 Å². The summed E-state index contributed by atoms with van der Waals surface area (Å²) in [5, 5.41) is 5.47. The Labute approximate surface area is 130 Å². The molecule has 1 fully saturated rings. The van der Waals surface area contributed by atoms with E-state index in [-0.39, 0.29) is 29.0 Å². The first-order valence-electron chi connectivity index (χ1n) is 7.33. The number of hydrogen-bond acceptors (Lipinski definition) is 5. The van der Waals surface area contributed by atoms with E-state index in [0.29, 0.717) is 6.54 Å². The van der Waals surface area contributed by atoms with Crippen LogP contribution in [-0.2, 0) is 14.3 Å². The van der Waals surface area contributed by atoms with Gasteiger partial charge in [-0.2, -0.15) is 11.8 Å². The van der Waals surface area contributed by atoms with E-state index in [2.05, 4.69) is 16.9 Å². The molecule has 1 aliphatic heterocycles. The summed E-state index contributed by atoms with van der Waals surface area (Å²) in [5.41, 5.74) is 5.72. The molecule has 1 rings (SSSR count). The fourth-order valence-electron chi connectivity index (χ4n) is 2.11. The molecule has 1 heterocycles. The maximum absolute atomic E-state index is 11.8. The number of carbonyl (C=O) groups excluding carboxylic acids is 2. The number of thioether (sulfide) groups is 1. The van der Waals surface area contributed by atoms with Crippen LogP contribution in [0.25, 0.3) is 0 Å². The third-order valence-electron chi connectivity index (χ3n) is 3.89. The van der Waals surface area contributed by atoms with Crippen molar-refractivity contribution in [2.24, 2.45) is 11.7 Å². The molecule has 1 saturated heterocycles. The van der Waals surface area contributed by atoms with E-state index < -0.39 is 6.04 Å². The number of nitrogens with two attached hydrogens (primary N) is 1. The number of ether oxygens (including phenoxy) is 1. The van der Waals surface area contributed by atoms with Crippen molar-refractivity contribution in [2.45, 2.75) is 37.5 Å². The molecule has 0 aromatic heterocycles. The normalized spacial score (nSPS) is 19.1. The molecule has 1 atom stereocenters. The van der Waals surface area contributed by atoms with Crippen LogP contribution in [0, 0.1) is 5.92 Å². The van der Waals surface area contributed by atoms with E-state index in [1.54, 1.807) is 11.8 Å². The van der Waals surface area contributed by atoms with Gasteiger partial charge >= 0.3 is 0 Å². The Morgan fingerprint density at radius 2 is 1.90 bits per heavy atom. The number of hydrogen-bond donors (Lipinski definition) is 3. The lowest BCUT2D eigenvalue weighted by Crippen LogP contribution is -2.49. The molecule has 0 aliphatic carbocycles. The summed E-state index contributed by atoms with van der Waals surface area (Å²) in [7, 11) is 0. The second kappa shape index (κ2) is 8.60. The van der Waals surface area contributed by atoms with Crippen molar-refractivity contribution in [3.8, 4) is 0 Å². The molecule has 6 nitrogen and oxygen atoms in total. The summed E-state index contributed by atoms with van der Waals surface area (Å²) in [5.74, 6) is -0.417. The van der Waals surface area contributed by atoms with Gasteiger partial charge in [0.05, 0.1) is 12.6 Å². The first kappa shape index (κ1) is 18.3. The summed E-state index contributed by atoms with van der Waals surface area (Å²) in [4.78, 5) is 23.5. The molecule has 0 saturated carbocycles. The highest BCUT2D eigenvalue weighted by Gasteiger charge is 2.32. The molecule has 0 aromatic rings. The molecule has 2 amide bonds. The van der Waals surface area contributed by atoms with Crippen molar-refractivity contribution >= 4 is 23.6 Å². The predicted molar refractivity (Wildman–Crippen MR) is 85.1 cm³/mol. The number of amides is 2. The van der Waals surface area contributed by atoms with E-state index in [1.165, 1.54) is 0 Å². The van der Waals surface area contributed by atoms with Crippen LogP contribution >= 0.6 is 11.8 Å². The second-order valence-electron chi connectivity index (χ2n) is 5.76. The summed E-state index contributed by atoms with van der Waals surface area (Å²) in [6.07, 6.45) is 3.92. The molecule has 122 valence electrons. The number of nitrogens with one attached hydrogen (secondary N) is 2. The van der Waals surface area contributed by atoms with Crippen LogP contribution < -0.4 is 16.4 Å². The van der Waals surface area contributed by atoms with Gasteiger partial charge in [0.1, 0.15) is 0 Å². The average Bonchev–Trinajstić information content (AvgIpc) is 2.50. The Bertz CT molecular complexity index is 357. The van der Waals surface area contributed by atoms with Crippen molar-refractivity contribution in [2.75, 3.05) is 32.6 Å². The lowest BCUT2D eigenvalue weighted by atomic mass is 9.99. The minimum Gasteiger partial charge on any atom is -0.381 e. The van der Waals surface area contributed by atoms with Crippen molar-refractivity contribution in [3.05, 3.63) is 0 Å². The van der Waals surface area contributed by atoms with Crippen LogP contribution in [-0.4, -0.2) is 55.2 Å². The topological polar surface area (TPSA) is 93.5 Å². The van der Waals surface area contributed by atoms with Crippen molar-refractivity contribution in [1.29, 1.82) is 0 Å². The third kappa shape index (κ3) is 5.84. The van der Waals surface area contributed by atoms with E-state index in [1.807, 2.05) is 13.8 Å². The van der Waals surface area contributed by atoms with E-state index >= 15 is 0 Å². The van der Waals surface area contributed by atoms with Gasteiger partial charge in [0, 0.05) is 24.5 Å². The van der Waals surface area contributed by atoms with Crippen LogP contribution in [0.3, 0.4) is 0 Å². The van der Waals surface area contributed by atoms with Crippen LogP contribution in [0.2, 0.25) is 0 Å². The van der Waals surface area contributed by atoms with E-state index in [4.69, 9.17) is 10.5 Å². The molecular formula is C14H27N3O3S. The minimum absolute atomic E-state index is 0.0276. The summed E-state index contributed by atoms with van der Waals surface area (Å²) in [6.45, 7) is 5.78. The highest BCUT2D eigenvalue weighted by Crippen LogP contribution is 2.32. The fourth-order valence-corrected chi connectivity index (χ4v) is 2.90. The molecule has 7 heteroatoms. The standard InChI is InChI=1S/C14H27N3O3S/c1-10(2)12(15)13(19)16-8-11(18)17-9-14(21-3)4-6-20-7-5-14/h10,12H,4-9,15H2,1-3H3,(H,16,19)(H,17,18)/t12-/m0/s1. The molecule has 0 radical (unpaired) electrons. The van der Waals surface area contributed by atoms with Gasteiger partial charge in [-0.1, -0.05) is 13.8 Å². The van der Waals surface area contributed by atoms with Crippen molar-refractivity contribution < 1.29 is 14.3 Å². The minimum atomic E-state index is -0.578. The van der Waals surface area contributed by atoms with Gasteiger partial charge in [-0.25, -0.2) is 0 Å². The van der Waals surface area contributed by atoms with Crippen molar-refractivity contribution in [1.82, 2.24) is 10.6 Å². The maximum atomic E-state index is 11.8. The zero-order valence-electron chi connectivity index (χ0n) is 13.1. The van der Waals surface area contributed by atoms with Gasteiger partial charge in [0.25, 0.3) is 0 Å². The van der Waals surface area contributed by atoms with Crippen molar-refractivity contribution in [3.63, 3.8) is 0 Å². The molecule has 0 unspecified atom stereocenters. The average molecular weight is 317 g/mol. The van der Waals surface area contributed by atoms with Gasteiger partial charge in [0.2, 0.25) is 11.8 Å².